The van der Waals surface area contributed by atoms with Crippen molar-refractivity contribution in [3.63, 3.8) is 0 Å². The van der Waals surface area contributed by atoms with Crippen LogP contribution in [-0.4, -0.2) is 41.5 Å². The van der Waals surface area contributed by atoms with E-state index in [4.69, 9.17) is 4.42 Å². The van der Waals surface area contributed by atoms with Gasteiger partial charge in [0.2, 0.25) is 0 Å². The highest BCUT2D eigenvalue weighted by atomic mass is 16.3. The molecule has 0 aromatic carbocycles. The van der Waals surface area contributed by atoms with Crippen LogP contribution in [0.15, 0.2) is 29.0 Å². The number of piperidine rings is 3. The molecular formula is C15H17N3O2. The summed E-state index contributed by atoms with van der Waals surface area (Å²) in [6.45, 7) is 3.32. The summed E-state index contributed by atoms with van der Waals surface area (Å²) in [6.07, 6.45) is 5.68. The number of pyridine rings is 1. The largest absolute Gasteiger partial charge is 0.464 e. The fraction of sp³-hybridized carbons (Fsp3) is 0.467. The van der Waals surface area contributed by atoms with E-state index in [1.54, 1.807) is 18.5 Å². The highest BCUT2D eigenvalue weighted by Crippen LogP contribution is 2.27. The summed E-state index contributed by atoms with van der Waals surface area (Å²) in [4.78, 5) is 19.0. The zero-order valence-electron chi connectivity index (χ0n) is 11.2. The number of hydrogen-bond acceptors (Lipinski definition) is 4. The van der Waals surface area contributed by atoms with Crippen molar-refractivity contribution in [2.24, 2.45) is 5.92 Å². The molecule has 0 saturated carbocycles. The number of hydrogen-bond donors (Lipinski definition) is 1. The van der Waals surface area contributed by atoms with Crippen LogP contribution in [0.4, 0.5) is 0 Å². The van der Waals surface area contributed by atoms with Gasteiger partial charge in [0.1, 0.15) is 11.3 Å². The summed E-state index contributed by atoms with van der Waals surface area (Å²) in [7, 11) is 0. The molecular weight excluding hydrogens is 254 g/mol. The third-order valence-electron chi connectivity index (χ3n) is 4.54. The zero-order valence-corrected chi connectivity index (χ0v) is 11.2. The van der Waals surface area contributed by atoms with Crippen molar-refractivity contribution < 1.29 is 9.21 Å². The Balaban J connectivity index is 1.52. The van der Waals surface area contributed by atoms with E-state index in [0.29, 0.717) is 17.2 Å². The van der Waals surface area contributed by atoms with Gasteiger partial charge in [0.25, 0.3) is 5.91 Å². The lowest BCUT2D eigenvalue weighted by atomic mass is 9.84. The van der Waals surface area contributed by atoms with E-state index >= 15 is 0 Å². The van der Waals surface area contributed by atoms with E-state index in [2.05, 4.69) is 15.2 Å². The Morgan fingerprint density at radius 1 is 1.40 bits per heavy atom. The molecule has 0 spiro atoms. The molecule has 3 saturated heterocycles. The fourth-order valence-corrected chi connectivity index (χ4v) is 3.35. The SMILES string of the molecule is O=C(NC1CN2CCC1CC2)c1cc2occc2cn1. The number of carbonyl (C=O) groups is 1. The van der Waals surface area contributed by atoms with Crippen LogP contribution in [0.5, 0.6) is 0 Å². The number of carbonyl (C=O) groups excluding carboxylic acids is 1. The molecule has 1 N–H and O–H groups in total. The lowest BCUT2D eigenvalue weighted by molar-refractivity contribution is 0.0618. The van der Waals surface area contributed by atoms with Crippen LogP contribution in [-0.2, 0) is 0 Å². The van der Waals surface area contributed by atoms with Crippen molar-refractivity contribution in [1.82, 2.24) is 15.2 Å². The van der Waals surface area contributed by atoms with Gasteiger partial charge in [-0.05, 0) is 37.9 Å². The van der Waals surface area contributed by atoms with Crippen LogP contribution in [0.1, 0.15) is 23.3 Å². The second kappa shape index (κ2) is 4.59. The molecule has 5 heteroatoms. The van der Waals surface area contributed by atoms with Crippen LogP contribution in [0.2, 0.25) is 0 Å². The summed E-state index contributed by atoms with van der Waals surface area (Å²) in [6, 6.07) is 3.82. The Labute approximate surface area is 117 Å². The van der Waals surface area contributed by atoms with Crippen molar-refractivity contribution in [3.8, 4) is 0 Å². The summed E-state index contributed by atoms with van der Waals surface area (Å²) < 4.78 is 5.32. The monoisotopic (exact) mass is 271 g/mol. The molecule has 2 aromatic rings. The van der Waals surface area contributed by atoms with Crippen LogP contribution >= 0.6 is 0 Å². The van der Waals surface area contributed by atoms with Crippen molar-refractivity contribution in [2.45, 2.75) is 18.9 Å². The van der Waals surface area contributed by atoms with Crippen LogP contribution in [0, 0.1) is 5.92 Å². The molecule has 1 atom stereocenters. The summed E-state index contributed by atoms with van der Waals surface area (Å²) in [5.74, 6) is 0.526. The van der Waals surface area contributed by atoms with E-state index in [1.165, 1.54) is 25.9 Å². The smallest absolute Gasteiger partial charge is 0.270 e. The Bertz CT molecular complexity index is 643. The first kappa shape index (κ1) is 11.9. The Kier molecular flexibility index (Phi) is 2.73. The predicted molar refractivity (Wildman–Crippen MR) is 74.4 cm³/mol. The minimum Gasteiger partial charge on any atom is -0.464 e. The van der Waals surface area contributed by atoms with E-state index in [0.717, 1.165) is 11.9 Å². The van der Waals surface area contributed by atoms with Gasteiger partial charge in [-0.15, -0.1) is 0 Å². The second-order valence-electron chi connectivity index (χ2n) is 5.75. The van der Waals surface area contributed by atoms with E-state index in [-0.39, 0.29) is 11.9 Å². The molecule has 2 bridgehead atoms. The molecule has 2 aromatic heterocycles. The minimum absolute atomic E-state index is 0.0953. The maximum Gasteiger partial charge on any atom is 0.270 e. The molecule has 5 rings (SSSR count). The number of furan rings is 1. The Morgan fingerprint density at radius 2 is 2.25 bits per heavy atom. The molecule has 5 nitrogen and oxygen atoms in total. The molecule has 1 amide bonds. The predicted octanol–water partition coefficient (Wildman–Crippen LogP) is 1.65. The molecule has 3 aliphatic heterocycles. The molecule has 1 unspecified atom stereocenters. The first-order chi connectivity index (χ1) is 9.79. The number of fused-ring (bicyclic) bond motifs is 4. The second-order valence-corrected chi connectivity index (χ2v) is 5.75. The van der Waals surface area contributed by atoms with Gasteiger partial charge in [0.05, 0.1) is 6.26 Å². The van der Waals surface area contributed by atoms with E-state index in [9.17, 15) is 4.79 Å². The van der Waals surface area contributed by atoms with Gasteiger partial charge in [-0.25, -0.2) is 0 Å². The number of aromatic nitrogens is 1. The topological polar surface area (TPSA) is 58.4 Å². The number of amides is 1. The number of nitrogens with one attached hydrogen (secondary N) is 1. The maximum absolute atomic E-state index is 12.3. The highest BCUT2D eigenvalue weighted by Gasteiger charge is 2.35. The third-order valence-corrected chi connectivity index (χ3v) is 4.54. The highest BCUT2D eigenvalue weighted by molar-refractivity contribution is 5.95. The van der Waals surface area contributed by atoms with Gasteiger partial charge in [-0.2, -0.15) is 0 Å². The average Bonchev–Trinajstić information content (AvgIpc) is 2.96. The van der Waals surface area contributed by atoms with Crippen molar-refractivity contribution in [2.75, 3.05) is 19.6 Å². The standard InChI is InChI=1S/C15H17N3O2/c19-15(12-7-14-11(8-16-12)3-6-20-14)17-13-9-18-4-1-10(13)2-5-18/h3,6-8,10,13H,1-2,4-5,9H2,(H,17,19). The number of rotatable bonds is 2. The van der Waals surface area contributed by atoms with Gasteiger partial charge in [-0.3, -0.25) is 9.78 Å². The summed E-state index contributed by atoms with van der Waals surface area (Å²) >= 11 is 0. The van der Waals surface area contributed by atoms with E-state index < -0.39 is 0 Å². The number of nitrogens with zero attached hydrogens (tertiary/aromatic N) is 2. The molecule has 5 heterocycles. The molecule has 3 fully saturated rings. The molecule has 0 aliphatic carbocycles. The lowest BCUT2D eigenvalue weighted by Crippen LogP contribution is -2.57. The molecule has 20 heavy (non-hydrogen) atoms. The van der Waals surface area contributed by atoms with Gasteiger partial charge in [0.15, 0.2) is 0 Å². The Morgan fingerprint density at radius 3 is 3.00 bits per heavy atom. The van der Waals surface area contributed by atoms with Crippen molar-refractivity contribution >= 4 is 16.9 Å². The molecule has 104 valence electrons. The van der Waals surface area contributed by atoms with Gasteiger partial charge >= 0.3 is 0 Å². The van der Waals surface area contributed by atoms with Crippen molar-refractivity contribution in [3.05, 3.63) is 30.3 Å². The normalized spacial score (nSPS) is 28.7. The van der Waals surface area contributed by atoms with Crippen LogP contribution < -0.4 is 5.32 Å². The minimum atomic E-state index is -0.0953. The maximum atomic E-state index is 12.3. The van der Waals surface area contributed by atoms with Crippen LogP contribution in [0.3, 0.4) is 0 Å². The van der Waals surface area contributed by atoms with E-state index in [1.807, 2.05) is 6.07 Å². The van der Waals surface area contributed by atoms with Crippen molar-refractivity contribution in [1.29, 1.82) is 0 Å². The zero-order chi connectivity index (χ0) is 13.5. The summed E-state index contributed by atoms with van der Waals surface area (Å²) in [5, 5.41) is 4.06. The molecule has 3 aliphatic rings. The molecule has 0 radical (unpaired) electrons. The van der Waals surface area contributed by atoms with Gasteiger partial charge in [0, 0.05) is 30.2 Å². The lowest BCUT2D eigenvalue weighted by Gasteiger charge is -2.44. The quantitative estimate of drug-likeness (QED) is 0.902. The third kappa shape index (κ3) is 1.98. The average molecular weight is 271 g/mol. The summed E-state index contributed by atoms with van der Waals surface area (Å²) in [5.41, 5.74) is 1.14. The van der Waals surface area contributed by atoms with Gasteiger partial charge < -0.3 is 14.6 Å². The fourth-order valence-electron chi connectivity index (χ4n) is 3.35. The van der Waals surface area contributed by atoms with Crippen LogP contribution in [0.25, 0.3) is 11.0 Å². The Hall–Kier alpha value is -1.88. The first-order valence-corrected chi connectivity index (χ1v) is 7.16. The first-order valence-electron chi connectivity index (χ1n) is 7.16. The van der Waals surface area contributed by atoms with Gasteiger partial charge in [-0.1, -0.05) is 0 Å².